The molecule has 1 aromatic carbocycles. The maximum atomic E-state index is 12.6. The molecule has 0 aliphatic carbocycles. The summed E-state index contributed by atoms with van der Waals surface area (Å²) >= 11 is 0. The van der Waals surface area contributed by atoms with Gasteiger partial charge in [0.2, 0.25) is 5.82 Å². The van der Waals surface area contributed by atoms with Crippen LogP contribution in [0.3, 0.4) is 0 Å². The molecule has 1 amide bonds. The Hall–Kier alpha value is -3.16. The molecule has 8 heteroatoms. The van der Waals surface area contributed by atoms with Gasteiger partial charge < -0.3 is 14.2 Å². The highest BCUT2D eigenvalue weighted by molar-refractivity contribution is 5.90. The van der Waals surface area contributed by atoms with Crippen molar-refractivity contribution in [3.8, 4) is 11.4 Å². The maximum Gasteiger partial charge on any atom is 0.293 e. The molecule has 2 aliphatic rings. The zero-order valence-corrected chi connectivity index (χ0v) is 15.1. The molecule has 8 nitrogen and oxygen atoms in total. The number of imidazole rings is 1. The third kappa shape index (κ3) is 2.68. The number of carbonyl (C=O) groups excluding carboxylic acids is 1. The molecule has 0 saturated carbocycles. The SMILES string of the molecule is Cn1cnc(C(=O)N2CCC3(CC2)Cc2nccn2-c2ccccc2O3)n1. The van der Waals surface area contributed by atoms with Crippen molar-refractivity contribution >= 4 is 5.91 Å². The molecule has 0 atom stereocenters. The van der Waals surface area contributed by atoms with E-state index in [-0.39, 0.29) is 17.3 Å². The topological polar surface area (TPSA) is 78.1 Å². The van der Waals surface area contributed by atoms with Crippen molar-refractivity contribution in [2.45, 2.75) is 24.9 Å². The molecule has 0 radical (unpaired) electrons. The van der Waals surface area contributed by atoms with E-state index in [0.717, 1.165) is 36.5 Å². The van der Waals surface area contributed by atoms with Crippen LogP contribution in [0.25, 0.3) is 5.69 Å². The first-order valence-electron chi connectivity index (χ1n) is 9.09. The van der Waals surface area contributed by atoms with Crippen LogP contribution < -0.4 is 4.74 Å². The van der Waals surface area contributed by atoms with Crippen LogP contribution in [0, 0.1) is 0 Å². The zero-order valence-electron chi connectivity index (χ0n) is 15.1. The Morgan fingerprint density at radius 2 is 2.00 bits per heavy atom. The number of piperidine rings is 1. The number of rotatable bonds is 1. The quantitative estimate of drug-likeness (QED) is 0.656. The molecule has 3 aromatic rings. The largest absolute Gasteiger partial charge is 0.484 e. The summed E-state index contributed by atoms with van der Waals surface area (Å²) in [4.78, 5) is 23.1. The van der Waals surface area contributed by atoms with E-state index >= 15 is 0 Å². The summed E-state index contributed by atoms with van der Waals surface area (Å²) in [6.07, 6.45) is 7.56. The Balaban J connectivity index is 1.40. The Kier molecular flexibility index (Phi) is 3.53. The predicted molar refractivity (Wildman–Crippen MR) is 96.8 cm³/mol. The number of carbonyl (C=O) groups is 1. The van der Waals surface area contributed by atoms with Gasteiger partial charge in [0, 0.05) is 51.8 Å². The monoisotopic (exact) mass is 364 g/mol. The van der Waals surface area contributed by atoms with Crippen LogP contribution in [0.4, 0.5) is 0 Å². The number of ether oxygens (including phenoxy) is 1. The number of likely N-dealkylation sites (tertiary alicyclic amines) is 1. The fourth-order valence-electron chi connectivity index (χ4n) is 3.96. The number of hydrogen-bond acceptors (Lipinski definition) is 5. The second kappa shape index (κ2) is 5.94. The molecule has 2 aliphatic heterocycles. The lowest BCUT2D eigenvalue weighted by Gasteiger charge is -2.40. The summed E-state index contributed by atoms with van der Waals surface area (Å²) in [5, 5.41) is 4.13. The molecule has 138 valence electrons. The van der Waals surface area contributed by atoms with Gasteiger partial charge in [-0.05, 0) is 12.1 Å². The molecule has 1 fully saturated rings. The van der Waals surface area contributed by atoms with Crippen LogP contribution in [0.2, 0.25) is 0 Å². The highest BCUT2D eigenvalue weighted by Crippen LogP contribution is 2.38. The number of benzene rings is 1. The number of nitrogens with zero attached hydrogens (tertiary/aromatic N) is 6. The van der Waals surface area contributed by atoms with Crippen LogP contribution in [-0.4, -0.2) is 53.8 Å². The van der Waals surface area contributed by atoms with Crippen molar-refractivity contribution in [1.82, 2.24) is 29.2 Å². The number of amides is 1. The first kappa shape index (κ1) is 16.0. The van der Waals surface area contributed by atoms with Gasteiger partial charge in [0.05, 0.1) is 5.69 Å². The number of aryl methyl sites for hydroxylation is 1. The van der Waals surface area contributed by atoms with Crippen molar-refractivity contribution in [1.29, 1.82) is 0 Å². The standard InChI is InChI=1S/C19H20N6O2/c1-23-13-21-17(22-23)18(26)24-9-6-19(7-10-24)12-16-20-8-11-25(16)14-4-2-3-5-15(14)27-19/h2-5,8,11,13H,6-7,9-10,12H2,1H3. The molecule has 1 spiro atoms. The molecule has 0 bridgehead atoms. The van der Waals surface area contributed by atoms with E-state index in [9.17, 15) is 4.79 Å². The predicted octanol–water partition coefficient (Wildman–Crippen LogP) is 1.61. The van der Waals surface area contributed by atoms with E-state index < -0.39 is 0 Å². The first-order valence-corrected chi connectivity index (χ1v) is 9.09. The molecular weight excluding hydrogens is 344 g/mol. The van der Waals surface area contributed by atoms with Gasteiger partial charge in [-0.3, -0.25) is 9.48 Å². The zero-order chi connectivity index (χ0) is 18.4. The summed E-state index contributed by atoms with van der Waals surface area (Å²) in [5.41, 5.74) is 0.655. The van der Waals surface area contributed by atoms with Crippen molar-refractivity contribution in [3.05, 3.63) is 54.6 Å². The Morgan fingerprint density at radius 1 is 1.19 bits per heavy atom. The second-order valence-electron chi connectivity index (χ2n) is 7.18. The fourth-order valence-corrected chi connectivity index (χ4v) is 3.96. The number of para-hydroxylation sites is 2. The van der Waals surface area contributed by atoms with Gasteiger partial charge in [0.15, 0.2) is 0 Å². The third-order valence-electron chi connectivity index (χ3n) is 5.40. The van der Waals surface area contributed by atoms with Gasteiger partial charge in [0.1, 0.15) is 23.5 Å². The van der Waals surface area contributed by atoms with E-state index in [2.05, 4.69) is 19.6 Å². The summed E-state index contributed by atoms with van der Waals surface area (Å²) in [6.45, 7) is 1.22. The van der Waals surface area contributed by atoms with Gasteiger partial charge in [0.25, 0.3) is 5.91 Å². The lowest BCUT2D eigenvalue weighted by atomic mass is 9.87. The van der Waals surface area contributed by atoms with E-state index in [0.29, 0.717) is 13.1 Å². The Bertz CT molecular complexity index is 999. The summed E-state index contributed by atoms with van der Waals surface area (Å²) in [5.74, 6) is 1.98. The summed E-state index contributed by atoms with van der Waals surface area (Å²) in [7, 11) is 1.76. The van der Waals surface area contributed by atoms with Gasteiger partial charge in [-0.25, -0.2) is 9.97 Å². The number of fused-ring (bicyclic) bond motifs is 3. The van der Waals surface area contributed by atoms with E-state index in [1.165, 1.54) is 0 Å². The second-order valence-corrected chi connectivity index (χ2v) is 7.18. The molecule has 5 rings (SSSR count). The minimum atomic E-state index is -0.357. The smallest absolute Gasteiger partial charge is 0.293 e. The van der Waals surface area contributed by atoms with E-state index in [1.54, 1.807) is 18.1 Å². The highest BCUT2D eigenvalue weighted by Gasteiger charge is 2.42. The molecule has 1 saturated heterocycles. The summed E-state index contributed by atoms with van der Waals surface area (Å²) < 4.78 is 10.2. The van der Waals surface area contributed by atoms with E-state index in [4.69, 9.17) is 4.74 Å². The van der Waals surface area contributed by atoms with E-state index in [1.807, 2.05) is 41.6 Å². The molecular formula is C19H20N6O2. The number of hydrogen-bond donors (Lipinski definition) is 0. The lowest BCUT2D eigenvalue weighted by Crippen LogP contribution is -2.51. The minimum Gasteiger partial charge on any atom is -0.484 e. The normalized spacial score (nSPS) is 17.7. The van der Waals surface area contributed by atoms with Crippen LogP contribution in [0.15, 0.2) is 43.0 Å². The van der Waals surface area contributed by atoms with Gasteiger partial charge in [-0.2, -0.15) is 0 Å². The van der Waals surface area contributed by atoms with Gasteiger partial charge in [-0.1, -0.05) is 12.1 Å². The molecule has 27 heavy (non-hydrogen) atoms. The lowest BCUT2D eigenvalue weighted by molar-refractivity contribution is 0.00444. The average molecular weight is 364 g/mol. The average Bonchev–Trinajstić information content (AvgIpc) is 3.29. The number of aromatic nitrogens is 5. The van der Waals surface area contributed by atoms with Crippen molar-refractivity contribution in [3.63, 3.8) is 0 Å². The molecule has 0 unspecified atom stereocenters. The first-order chi connectivity index (χ1) is 13.1. The minimum absolute atomic E-state index is 0.124. The van der Waals surface area contributed by atoms with Gasteiger partial charge in [-0.15, -0.1) is 5.10 Å². The third-order valence-corrected chi connectivity index (χ3v) is 5.40. The fraction of sp³-hybridized carbons (Fsp3) is 0.368. The van der Waals surface area contributed by atoms with Gasteiger partial charge >= 0.3 is 0 Å². The maximum absolute atomic E-state index is 12.6. The summed E-state index contributed by atoms with van der Waals surface area (Å²) in [6, 6.07) is 8.04. The molecule has 0 N–H and O–H groups in total. The van der Waals surface area contributed by atoms with Crippen LogP contribution in [0.5, 0.6) is 5.75 Å². The van der Waals surface area contributed by atoms with Crippen LogP contribution in [-0.2, 0) is 13.5 Å². The molecule has 4 heterocycles. The van der Waals surface area contributed by atoms with Crippen molar-refractivity contribution in [2.75, 3.05) is 13.1 Å². The van der Waals surface area contributed by atoms with Crippen LogP contribution in [0.1, 0.15) is 29.3 Å². The van der Waals surface area contributed by atoms with Crippen LogP contribution >= 0.6 is 0 Å². The molecule has 2 aromatic heterocycles. The highest BCUT2D eigenvalue weighted by atomic mass is 16.5. The van der Waals surface area contributed by atoms with Crippen molar-refractivity contribution in [2.24, 2.45) is 7.05 Å². The Labute approximate surface area is 156 Å². The Morgan fingerprint density at radius 3 is 2.78 bits per heavy atom. The van der Waals surface area contributed by atoms with Crippen molar-refractivity contribution < 1.29 is 9.53 Å².